The topological polar surface area (TPSA) is 37.8 Å². The number of hydrogen-bond donors (Lipinski definition) is 1. The van der Waals surface area contributed by atoms with Crippen LogP contribution in [-0.4, -0.2) is 16.1 Å². The number of aromatic nitrogens is 2. The van der Waals surface area contributed by atoms with Gasteiger partial charge in [0.2, 0.25) is 0 Å². The minimum absolute atomic E-state index is 0.366. The maximum Gasteiger partial charge on any atom is 0.0800 e. The first-order valence-corrected chi connectivity index (χ1v) is 7.04. The van der Waals surface area contributed by atoms with Crippen LogP contribution in [0.3, 0.4) is 0 Å². The molecule has 0 fully saturated rings. The summed E-state index contributed by atoms with van der Waals surface area (Å²) in [7, 11) is 0. The number of hydrogen-bond acceptors (Lipinski definition) is 4. The molecule has 17 heavy (non-hydrogen) atoms. The van der Waals surface area contributed by atoms with Crippen LogP contribution in [0.1, 0.15) is 56.6 Å². The third kappa shape index (κ3) is 4.45. The van der Waals surface area contributed by atoms with Crippen LogP contribution in [0.5, 0.6) is 0 Å². The predicted molar refractivity (Wildman–Crippen MR) is 73.0 cm³/mol. The Morgan fingerprint density at radius 2 is 2.24 bits per heavy atom. The molecule has 0 aromatic carbocycles. The van der Waals surface area contributed by atoms with Crippen LogP contribution in [0.15, 0.2) is 0 Å². The molecule has 0 aliphatic carbocycles. The van der Waals surface area contributed by atoms with Gasteiger partial charge in [-0.3, -0.25) is 0 Å². The van der Waals surface area contributed by atoms with Crippen molar-refractivity contribution in [1.82, 2.24) is 14.9 Å². The zero-order valence-corrected chi connectivity index (χ0v) is 11.7. The van der Waals surface area contributed by atoms with Crippen molar-refractivity contribution in [1.29, 1.82) is 0 Å². The van der Waals surface area contributed by atoms with Gasteiger partial charge in [0.1, 0.15) is 0 Å². The molecule has 1 unspecified atom stereocenters. The summed E-state index contributed by atoms with van der Waals surface area (Å²) < 4.78 is 4.07. The van der Waals surface area contributed by atoms with E-state index in [1.54, 1.807) is 0 Å². The Hall–Kier alpha value is -0.920. The molecule has 1 rings (SSSR count). The molecule has 0 amide bonds. The van der Waals surface area contributed by atoms with Gasteiger partial charge in [0.05, 0.1) is 10.6 Å². The highest BCUT2D eigenvalue weighted by Crippen LogP contribution is 2.24. The van der Waals surface area contributed by atoms with Crippen molar-refractivity contribution in [3.8, 4) is 11.8 Å². The monoisotopic (exact) mass is 251 g/mol. The van der Waals surface area contributed by atoms with Crippen LogP contribution in [0.2, 0.25) is 0 Å². The Morgan fingerprint density at radius 1 is 1.41 bits per heavy atom. The molecule has 0 bridgehead atoms. The zero-order chi connectivity index (χ0) is 12.5. The number of nitrogens with one attached hydrogen (secondary N) is 1. The largest absolute Gasteiger partial charge is 0.309 e. The first-order valence-electron chi connectivity index (χ1n) is 6.27. The minimum atomic E-state index is 0.366. The van der Waals surface area contributed by atoms with E-state index >= 15 is 0 Å². The second-order valence-corrected chi connectivity index (χ2v) is 4.70. The summed E-state index contributed by atoms with van der Waals surface area (Å²) in [4.78, 5) is 1.29. The van der Waals surface area contributed by atoms with Gasteiger partial charge in [-0.1, -0.05) is 18.3 Å². The lowest BCUT2D eigenvalue weighted by Gasteiger charge is -2.16. The van der Waals surface area contributed by atoms with Gasteiger partial charge in [-0.15, -0.1) is 16.9 Å². The van der Waals surface area contributed by atoms with E-state index in [2.05, 4.69) is 40.6 Å². The summed E-state index contributed by atoms with van der Waals surface area (Å²) in [6.45, 7) is 7.23. The first-order chi connectivity index (χ1) is 8.33. The van der Waals surface area contributed by atoms with E-state index in [9.17, 15) is 0 Å². The van der Waals surface area contributed by atoms with Gasteiger partial charge in [-0.2, -0.15) is 0 Å². The molecule has 1 atom stereocenters. The molecule has 1 heterocycles. The summed E-state index contributed by atoms with van der Waals surface area (Å²) in [6, 6.07) is 0.366. The van der Waals surface area contributed by atoms with Crippen molar-refractivity contribution in [3.05, 3.63) is 10.6 Å². The van der Waals surface area contributed by atoms with Crippen molar-refractivity contribution in [2.75, 3.05) is 6.54 Å². The predicted octanol–water partition coefficient (Wildman–Crippen LogP) is 2.94. The average molecular weight is 251 g/mol. The molecular weight excluding hydrogens is 230 g/mol. The fourth-order valence-corrected chi connectivity index (χ4v) is 2.56. The molecule has 0 radical (unpaired) electrons. The van der Waals surface area contributed by atoms with Crippen molar-refractivity contribution in [2.24, 2.45) is 0 Å². The van der Waals surface area contributed by atoms with Crippen LogP contribution < -0.4 is 5.32 Å². The van der Waals surface area contributed by atoms with Crippen molar-refractivity contribution < 1.29 is 0 Å². The summed E-state index contributed by atoms with van der Waals surface area (Å²) in [6.07, 6.45) is 4.07. The zero-order valence-electron chi connectivity index (χ0n) is 10.9. The molecule has 0 spiro atoms. The quantitative estimate of drug-likeness (QED) is 0.757. The molecule has 0 saturated carbocycles. The standard InChI is InChI=1S/C13H21N3S/c1-4-7-8-9-12(14-10-5-2)13-11(6-3)15-16-17-13/h12,14H,5-6,8-10H2,1-3H3. The molecule has 0 saturated heterocycles. The van der Waals surface area contributed by atoms with Gasteiger partial charge >= 0.3 is 0 Å². The second-order valence-electron chi connectivity index (χ2n) is 3.91. The normalized spacial score (nSPS) is 11.9. The Balaban J connectivity index is 2.69. The molecule has 4 heteroatoms. The van der Waals surface area contributed by atoms with E-state index in [4.69, 9.17) is 0 Å². The lowest BCUT2D eigenvalue weighted by atomic mass is 10.1. The fourth-order valence-electron chi connectivity index (χ4n) is 1.71. The van der Waals surface area contributed by atoms with E-state index in [1.165, 1.54) is 16.4 Å². The molecule has 1 N–H and O–H groups in total. The molecule has 3 nitrogen and oxygen atoms in total. The maximum atomic E-state index is 4.18. The average Bonchev–Trinajstić information content (AvgIpc) is 2.81. The Bertz CT molecular complexity index is 376. The summed E-state index contributed by atoms with van der Waals surface area (Å²) >= 11 is 1.52. The van der Waals surface area contributed by atoms with Crippen LogP contribution in [-0.2, 0) is 6.42 Å². The van der Waals surface area contributed by atoms with Crippen LogP contribution in [0, 0.1) is 11.8 Å². The lowest BCUT2D eigenvalue weighted by molar-refractivity contribution is 0.508. The Labute approximate surface area is 108 Å². The summed E-state index contributed by atoms with van der Waals surface area (Å²) in [5, 5.41) is 7.75. The van der Waals surface area contributed by atoms with Crippen LogP contribution >= 0.6 is 11.5 Å². The van der Waals surface area contributed by atoms with Gasteiger partial charge < -0.3 is 5.32 Å². The summed E-state index contributed by atoms with van der Waals surface area (Å²) in [5.41, 5.74) is 1.13. The number of aryl methyl sites for hydroxylation is 1. The number of nitrogens with zero attached hydrogens (tertiary/aromatic N) is 2. The fraction of sp³-hybridized carbons (Fsp3) is 0.692. The van der Waals surface area contributed by atoms with Gasteiger partial charge in [-0.05, 0) is 44.3 Å². The Morgan fingerprint density at radius 3 is 2.88 bits per heavy atom. The molecule has 0 aliphatic heterocycles. The van der Waals surface area contributed by atoms with Crippen molar-refractivity contribution in [3.63, 3.8) is 0 Å². The Kier molecular flexibility index (Phi) is 6.83. The van der Waals surface area contributed by atoms with Gasteiger partial charge in [0.25, 0.3) is 0 Å². The molecule has 1 aromatic rings. The van der Waals surface area contributed by atoms with E-state index in [0.29, 0.717) is 6.04 Å². The van der Waals surface area contributed by atoms with Crippen molar-refractivity contribution >= 4 is 11.5 Å². The highest BCUT2D eigenvalue weighted by molar-refractivity contribution is 7.05. The van der Waals surface area contributed by atoms with E-state index in [0.717, 1.165) is 37.9 Å². The van der Waals surface area contributed by atoms with Gasteiger partial charge in [-0.25, -0.2) is 0 Å². The molecule has 0 aliphatic rings. The van der Waals surface area contributed by atoms with Gasteiger partial charge in [0, 0.05) is 12.5 Å². The SMILES string of the molecule is CC#CCCC(NCCC)c1snnc1CC. The second kappa shape index (κ2) is 8.21. The third-order valence-electron chi connectivity index (χ3n) is 2.61. The van der Waals surface area contributed by atoms with E-state index in [-0.39, 0.29) is 0 Å². The molecular formula is C13H21N3S. The highest BCUT2D eigenvalue weighted by atomic mass is 32.1. The lowest BCUT2D eigenvalue weighted by Crippen LogP contribution is -2.22. The third-order valence-corrected chi connectivity index (χ3v) is 3.49. The van der Waals surface area contributed by atoms with E-state index < -0.39 is 0 Å². The highest BCUT2D eigenvalue weighted by Gasteiger charge is 2.17. The van der Waals surface area contributed by atoms with Crippen molar-refractivity contribution in [2.45, 2.75) is 52.5 Å². The molecule has 1 aromatic heterocycles. The summed E-state index contributed by atoms with van der Waals surface area (Å²) in [5.74, 6) is 6.08. The molecule has 94 valence electrons. The first kappa shape index (κ1) is 14.1. The van der Waals surface area contributed by atoms with E-state index in [1.807, 2.05) is 6.92 Å². The van der Waals surface area contributed by atoms with Crippen LogP contribution in [0.25, 0.3) is 0 Å². The number of rotatable bonds is 7. The van der Waals surface area contributed by atoms with Gasteiger partial charge in [0.15, 0.2) is 0 Å². The maximum absolute atomic E-state index is 4.18. The minimum Gasteiger partial charge on any atom is -0.309 e. The smallest absolute Gasteiger partial charge is 0.0800 e. The van der Waals surface area contributed by atoms with Crippen LogP contribution in [0.4, 0.5) is 0 Å².